The first kappa shape index (κ1) is 12.6. The smallest absolute Gasteiger partial charge is 0.360 e. The van der Waals surface area contributed by atoms with Gasteiger partial charge in [-0.25, -0.2) is 0 Å². The molecule has 0 spiro atoms. The van der Waals surface area contributed by atoms with Gasteiger partial charge in [0.15, 0.2) is 17.6 Å². The number of alkyl halides is 3. The van der Waals surface area contributed by atoms with Gasteiger partial charge in [-0.2, -0.15) is 18.4 Å². The van der Waals surface area contributed by atoms with Gasteiger partial charge in [-0.15, -0.1) is 10.2 Å². The molecule has 0 bridgehead atoms. The monoisotopic (exact) mass is 258 g/mol. The van der Waals surface area contributed by atoms with Crippen molar-refractivity contribution < 1.29 is 17.9 Å². The molecule has 1 fully saturated rings. The van der Waals surface area contributed by atoms with E-state index in [1.165, 1.54) is 6.07 Å². The third kappa shape index (κ3) is 2.68. The summed E-state index contributed by atoms with van der Waals surface area (Å²) in [7, 11) is 0. The van der Waals surface area contributed by atoms with Gasteiger partial charge >= 0.3 is 6.18 Å². The Kier molecular flexibility index (Phi) is 3.34. The van der Waals surface area contributed by atoms with Crippen molar-refractivity contribution in [2.75, 3.05) is 24.6 Å². The number of nitrogens with zero attached hydrogens (tertiary/aromatic N) is 4. The molecule has 8 heteroatoms. The van der Waals surface area contributed by atoms with E-state index in [4.69, 9.17) is 10.00 Å². The molecule has 0 aliphatic carbocycles. The maximum Gasteiger partial charge on any atom is 0.435 e. The van der Waals surface area contributed by atoms with Crippen molar-refractivity contribution in [3.05, 3.63) is 17.8 Å². The lowest BCUT2D eigenvalue weighted by Gasteiger charge is -2.30. The largest absolute Gasteiger partial charge is 0.435 e. The summed E-state index contributed by atoms with van der Waals surface area (Å²) >= 11 is 0. The molecule has 5 nitrogen and oxygen atoms in total. The van der Waals surface area contributed by atoms with Crippen LogP contribution in [0.25, 0.3) is 0 Å². The van der Waals surface area contributed by atoms with Crippen LogP contribution in [0.15, 0.2) is 12.1 Å². The lowest BCUT2D eigenvalue weighted by molar-refractivity contribution is -0.141. The van der Waals surface area contributed by atoms with Crippen LogP contribution in [0.4, 0.5) is 19.0 Å². The normalized spacial score (nSPS) is 20.6. The van der Waals surface area contributed by atoms with Crippen molar-refractivity contribution in [3.63, 3.8) is 0 Å². The zero-order valence-electron chi connectivity index (χ0n) is 9.18. The van der Waals surface area contributed by atoms with E-state index in [1.54, 1.807) is 4.90 Å². The van der Waals surface area contributed by atoms with E-state index in [-0.39, 0.29) is 6.54 Å². The highest BCUT2D eigenvalue weighted by atomic mass is 19.4. The van der Waals surface area contributed by atoms with Crippen molar-refractivity contribution in [2.45, 2.75) is 12.3 Å². The molecule has 0 amide bonds. The molecule has 1 aliphatic rings. The number of hydrogen-bond donors (Lipinski definition) is 0. The Balaban J connectivity index is 2.12. The Bertz CT molecular complexity index is 454. The summed E-state index contributed by atoms with van der Waals surface area (Å²) in [5.41, 5.74) is -1.03. The zero-order chi connectivity index (χ0) is 13.2. The number of morpholine rings is 1. The van der Waals surface area contributed by atoms with Gasteiger partial charge in [0.25, 0.3) is 0 Å². The van der Waals surface area contributed by atoms with E-state index < -0.39 is 18.0 Å². The van der Waals surface area contributed by atoms with Gasteiger partial charge in [-0.05, 0) is 12.1 Å². The summed E-state index contributed by atoms with van der Waals surface area (Å²) in [5, 5.41) is 15.4. The first-order valence-corrected chi connectivity index (χ1v) is 5.18. The fraction of sp³-hybridized carbons (Fsp3) is 0.500. The predicted molar refractivity (Wildman–Crippen MR) is 54.6 cm³/mol. The minimum atomic E-state index is -4.49. The molecule has 2 heterocycles. The third-order valence-corrected chi connectivity index (χ3v) is 2.48. The van der Waals surface area contributed by atoms with Crippen LogP contribution in [0, 0.1) is 11.3 Å². The van der Waals surface area contributed by atoms with E-state index in [1.807, 2.05) is 6.07 Å². The number of ether oxygens (including phenoxy) is 1. The van der Waals surface area contributed by atoms with Crippen LogP contribution in [0.3, 0.4) is 0 Å². The topological polar surface area (TPSA) is 62.0 Å². The Morgan fingerprint density at radius 2 is 2.17 bits per heavy atom. The predicted octanol–water partition coefficient (Wildman–Crippen LogP) is 1.22. The molecule has 1 unspecified atom stereocenters. The maximum atomic E-state index is 12.3. The van der Waals surface area contributed by atoms with Crippen LogP contribution in [-0.2, 0) is 10.9 Å². The van der Waals surface area contributed by atoms with Gasteiger partial charge in [0.1, 0.15) is 0 Å². The summed E-state index contributed by atoms with van der Waals surface area (Å²) < 4.78 is 42.0. The van der Waals surface area contributed by atoms with Crippen molar-refractivity contribution in [3.8, 4) is 6.07 Å². The van der Waals surface area contributed by atoms with Gasteiger partial charge in [0, 0.05) is 6.54 Å². The van der Waals surface area contributed by atoms with Crippen LogP contribution in [0.5, 0.6) is 0 Å². The third-order valence-electron chi connectivity index (χ3n) is 2.48. The Morgan fingerprint density at radius 1 is 1.39 bits per heavy atom. The Labute approximate surface area is 101 Å². The van der Waals surface area contributed by atoms with Gasteiger partial charge in [-0.3, -0.25) is 0 Å². The number of aromatic nitrogens is 2. The number of nitriles is 1. The second-order valence-electron chi connectivity index (χ2n) is 3.71. The van der Waals surface area contributed by atoms with Crippen LogP contribution in [-0.4, -0.2) is 36.0 Å². The fourth-order valence-corrected chi connectivity index (χ4v) is 1.58. The van der Waals surface area contributed by atoms with Crippen LogP contribution in [0.2, 0.25) is 0 Å². The van der Waals surface area contributed by atoms with E-state index in [9.17, 15) is 13.2 Å². The molecule has 1 saturated heterocycles. The molecule has 1 atom stereocenters. The van der Waals surface area contributed by atoms with Crippen molar-refractivity contribution in [1.82, 2.24) is 10.2 Å². The highest BCUT2D eigenvalue weighted by Crippen LogP contribution is 2.27. The average molecular weight is 258 g/mol. The molecule has 0 saturated carbocycles. The van der Waals surface area contributed by atoms with Crippen molar-refractivity contribution >= 4 is 5.82 Å². The molecule has 1 aliphatic heterocycles. The lowest BCUT2D eigenvalue weighted by atomic mass is 10.3. The number of rotatable bonds is 1. The van der Waals surface area contributed by atoms with Gasteiger partial charge in [-0.1, -0.05) is 0 Å². The van der Waals surface area contributed by atoms with E-state index >= 15 is 0 Å². The SMILES string of the molecule is N#CC1CN(c2ccc(C(F)(F)F)nn2)CCO1. The standard InChI is InChI=1S/C10H9F3N4O/c11-10(12,13)8-1-2-9(16-15-8)17-3-4-18-7(5-14)6-17/h1-2,7H,3-4,6H2. The molecular weight excluding hydrogens is 249 g/mol. The number of halogens is 3. The van der Waals surface area contributed by atoms with E-state index in [0.29, 0.717) is 19.0 Å². The van der Waals surface area contributed by atoms with E-state index in [2.05, 4.69) is 10.2 Å². The zero-order valence-corrected chi connectivity index (χ0v) is 9.18. The number of anilines is 1. The van der Waals surface area contributed by atoms with Gasteiger partial charge in [0.2, 0.25) is 0 Å². The molecule has 0 N–H and O–H groups in total. The molecule has 1 aromatic rings. The molecule has 0 aromatic carbocycles. The highest BCUT2D eigenvalue weighted by molar-refractivity contribution is 5.38. The first-order valence-electron chi connectivity index (χ1n) is 5.18. The second kappa shape index (κ2) is 4.78. The molecule has 96 valence electrons. The van der Waals surface area contributed by atoms with Crippen molar-refractivity contribution in [2.24, 2.45) is 0 Å². The summed E-state index contributed by atoms with van der Waals surface area (Å²) in [5.74, 6) is 0.312. The fourth-order valence-electron chi connectivity index (χ4n) is 1.58. The number of hydrogen-bond acceptors (Lipinski definition) is 5. The van der Waals surface area contributed by atoms with Gasteiger partial charge in [0.05, 0.1) is 19.2 Å². The lowest BCUT2D eigenvalue weighted by Crippen LogP contribution is -2.42. The van der Waals surface area contributed by atoms with E-state index in [0.717, 1.165) is 6.07 Å². The first-order chi connectivity index (χ1) is 8.50. The molecule has 18 heavy (non-hydrogen) atoms. The van der Waals surface area contributed by atoms with Crippen LogP contribution >= 0.6 is 0 Å². The van der Waals surface area contributed by atoms with Crippen molar-refractivity contribution in [1.29, 1.82) is 5.26 Å². The quantitative estimate of drug-likeness (QED) is 0.758. The summed E-state index contributed by atoms with van der Waals surface area (Å²) in [4.78, 5) is 1.67. The molecule has 2 rings (SSSR count). The summed E-state index contributed by atoms with van der Waals surface area (Å²) in [6.45, 7) is 1.08. The minimum Gasteiger partial charge on any atom is -0.360 e. The summed E-state index contributed by atoms with van der Waals surface area (Å²) in [6.07, 6.45) is -5.09. The molecule has 0 radical (unpaired) electrons. The minimum absolute atomic E-state index is 0.274. The van der Waals surface area contributed by atoms with Crippen LogP contribution in [0.1, 0.15) is 5.69 Å². The Hall–Kier alpha value is -1.88. The Morgan fingerprint density at radius 3 is 2.72 bits per heavy atom. The maximum absolute atomic E-state index is 12.3. The van der Waals surface area contributed by atoms with Crippen LogP contribution < -0.4 is 4.90 Å². The average Bonchev–Trinajstić information content (AvgIpc) is 2.38. The highest BCUT2D eigenvalue weighted by Gasteiger charge is 2.33. The summed E-state index contributed by atoms with van der Waals surface area (Å²) in [6, 6.07) is 4.07. The molecule has 1 aromatic heterocycles. The van der Waals surface area contributed by atoms with Gasteiger partial charge < -0.3 is 9.64 Å². The second-order valence-corrected chi connectivity index (χ2v) is 3.71. The molecular formula is C10H9F3N4O.